The van der Waals surface area contributed by atoms with Crippen LogP contribution in [0, 0.1) is 0 Å². The molecule has 1 fully saturated rings. The van der Waals surface area contributed by atoms with Gasteiger partial charge in [-0.1, -0.05) is 0 Å². The predicted octanol–water partition coefficient (Wildman–Crippen LogP) is 1.68. The first-order valence-electron chi connectivity index (χ1n) is 5.50. The van der Waals surface area contributed by atoms with E-state index >= 15 is 0 Å². The highest BCUT2D eigenvalue weighted by Gasteiger charge is 2.25. The third kappa shape index (κ3) is 2.21. The second-order valence-corrected chi connectivity index (χ2v) is 4.36. The van der Waals surface area contributed by atoms with E-state index in [9.17, 15) is 5.11 Å². The molecule has 1 saturated heterocycles. The molecule has 2 atom stereocenters. The standard InChI is InChI=1S/C11H18N2O2/c1-8(2)13-7-12-6-10(13)11-5-9(14)3-4-15-11/h6-9,11,14H,3-5H2,1-2H3. The zero-order valence-electron chi connectivity index (χ0n) is 9.26. The van der Waals surface area contributed by atoms with Crippen molar-refractivity contribution in [1.82, 2.24) is 9.55 Å². The summed E-state index contributed by atoms with van der Waals surface area (Å²) in [5.41, 5.74) is 1.07. The maximum Gasteiger partial charge on any atom is 0.101 e. The molecule has 1 aliphatic rings. The molecule has 0 saturated carbocycles. The highest BCUT2D eigenvalue weighted by Crippen LogP contribution is 2.29. The van der Waals surface area contributed by atoms with Crippen molar-refractivity contribution in [3.8, 4) is 0 Å². The molecule has 0 aliphatic carbocycles. The Morgan fingerprint density at radius 3 is 3.07 bits per heavy atom. The third-order valence-corrected chi connectivity index (χ3v) is 2.84. The average Bonchev–Trinajstić information content (AvgIpc) is 2.65. The van der Waals surface area contributed by atoms with Gasteiger partial charge in [-0.2, -0.15) is 0 Å². The molecule has 4 heteroatoms. The van der Waals surface area contributed by atoms with Crippen LogP contribution in [0.5, 0.6) is 0 Å². The Balaban J connectivity index is 2.17. The van der Waals surface area contributed by atoms with Crippen molar-refractivity contribution < 1.29 is 9.84 Å². The quantitative estimate of drug-likeness (QED) is 0.807. The van der Waals surface area contributed by atoms with Crippen LogP contribution in [0.25, 0.3) is 0 Å². The Morgan fingerprint density at radius 1 is 1.60 bits per heavy atom. The van der Waals surface area contributed by atoms with Crippen LogP contribution in [0.4, 0.5) is 0 Å². The van der Waals surface area contributed by atoms with Gasteiger partial charge in [0.05, 0.1) is 24.3 Å². The molecular weight excluding hydrogens is 192 g/mol. The molecule has 0 aromatic carbocycles. The van der Waals surface area contributed by atoms with Gasteiger partial charge in [0, 0.05) is 19.1 Å². The second kappa shape index (κ2) is 4.33. The van der Waals surface area contributed by atoms with Gasteiger partial charge < -0.3 is 14.4 Å². The van der Waals surface area contributed by atoms with Crippen LogP contribution < -0.4 is 0 Å². The van der Waals surface area contributed by atoms with Crippen molar-refractivity contribution in [3.63, 3.8) is 0 Å². The Bertz CT molecular complexity index is 322. The number of nitrogens with zero attached hydrogens (tertiary/aromatic N) is 2. The summed E-state index contributed by atoms with van der Waals surface area (Å²) in [6.07, 6.45) is 4.84. The maximum absolute atomic E-state index is 9.60. The summed E-state index contributed by atoms with van der Waals surface area (Å²) in [7, 11) is 0. The lowest BCUT2D eigenvalue weighted by molar-refractivity contribution is -0.0483. The van der Waals surface area contributed by atoms with Crippen molar-refractivity contribution in [2.45, 2.75) is 44.9 Å². The van der Waals surface area contributed by atoms with E-state index in [1.807, 2.05) is 12.5 Å². The highest BCUT2D eigenvalue weighted by atomic mass is 16.5. The normalized spacial score (nSPS) is 27.2. The Morgan fingerprint density at radius 2 is 2.40 bits per heavy atom. The SMILES string of the molecule is CC(C)n1cncc1C1CC(O)CCO1. The van der Waals surface area contributed by atoms with Crippen LogP contribution in [-0.4, -0.2) is 27.4 Å². The Kier molecular flexibility index (Phi) is 3.07. The molecule has 2 rings (SSSR count). The van der Waals surface area contributed by atoms with E-state index in [1.165, 1.54) is 0 Å². The van der Waals surface area contributed by atoms with Gasteiger partial charge in [0.1, 0.15) is 6.10 Å². The number of imidazole rings is 1. The number of rotatable bonds is 2. The largest absolute Gasteiger partial charge is 0.393 e. The lowest BCUT2D eigenvalue weighted by atomic mass is 10.0. The number of aromatic nitrogens is 2. The zero-order chi connectivity index (χ0) is 10.8. The van der Waals surface area contributed by atoms with Crippen molar-refractivity contribution in [1.29, 1.82) is 0 Å². The van der Waals surface area contributed by atoms with E-state index in [4.69, 9.17) is 4.74 Å². The number of aliphatic hydroxyl groups excluding tert-OH is 1. The molecule has 15 heavy (non-hydrogen) atoms. The van der Waals surface area contributed by atoms with E-state index in [-0.39, 0.29) is 12.2 Å². The molecule has 0 radical (unpaired) electrons. The minimum absolute atomic E-state index is 0.00125. The van der Waals surface area contributed by atoms with Gasteiger partial charge in [0.15, 0.2) is 0 Å². The van der Waals surface area contributed by atoms with Gasteiger partial charge in [-0.05, 0) is 20.3 Å². The fraction of sp³-hybridized carbons (Fsp3) is 0.727. The molecule has 0 amide bonds. The summed E-state index contributed by atoms with van der Waals surface area (Å²) in [5, 5.41) is 9.60. The third-order valence-electron chi connectivity index (χ3n) is 2.84. The topological polar surface area (TPSA) is 47.3 Å². The van der Waals surface area contributed by atoms with Gasteiger partial charge in [0.25, 0.3) is 0 Å². The van der Waals surface area contributed by atoms with Crippen LogP contribution in [0.1, 0.15) is 44.5 Å². The number of hydrogen-bond donors (Lipinski definition) is 1. The molecule has 2 unspecified atom stereocenters. The van der Waals surface area contributed by atoms with Crippen molar-refractivity contribution in [3.05, 3.63) is 18.2 Å². The first-order chi connectivity index (χ1) is 7.18. The Hall–Kier alpha value is -0.870. The maximum atomic E-state index is 9.60. The molecule has 1 N–H and O–H groups in total. The highest BCUT2D eigenvalue weighted by molar-refractivity contribution is 5.05. The molecular formula is C11H18N2O2. The van der Waals surface area contributed by atoms with Gasteiger partial charge in [-0.3, -0.25) is 0 Å². The minimum Gasteiger partial charge on any atom is -0.393 e. The van der Waals surface area contributed by atoms with E-state index in [0.717, 1.165) is 12.1 Å². The van der Waals surface area contributed by atoms with E-state index in [1.54, 1.807) is 0 Å². The van der Waals surface area contributed by atoms with Crippen LogP contribution >= 0.6 is 0 Å². The van der Waals surface area contributed by atoms with Crippen molar-refractivity contribution in [2.75, 3.05) is 6.61 Å². The number of hydrogen-bond acceptors (Lipinski definition) is 3. The summed E-state index contributed by atoms with van der Waals surface area (Å²) in [6.45, 7) is 4.87. The predicted molar refractivity (Wildman–Crippen MR) is 56.5 cm³/mol. The molecule has 2 heterocycles. The molecule has 1 aromatic heterocycles. The minimum atomic E-state index is -0.237. The molecule has 84 valence electrons. The summed E-state index contributed by atoms with van der Waals surface area (Å²) in [6, 6.07) is 0.380. The van der Waals surface area contributed by atoms with E-state index in [0.29, 0.717) is 19.1 Å². The summed E-state index contributed by atoms with van der Waals surface area (Å²) in [4.78, 5) is 4.14. The van der Waals surface area contributed by atoms with Crippen LogP contribution in [-0.2, 0) is 4.74 Å². The average molecular weight is 210 g/mol. The lowest BCUT2D eigenvalue weighted by Gasteiger charge is -2.27. The second-order valence-electron chi connectivity index (χ2n) is 4.36. The van der Waals surface area contributed by atoms with E-state index in [2.05, 4.69) is 23.4 Å². The molecule has 4 nitrogen and oxygen atoms in total. The molecule has 1 aliphatic heterocycles. The number of aliphatic hydroxyl groups is 1. The van der Waals surface area contributed by atoms with Gasteiger partial charge in [-0.15, -0.1) is 0 Å². The van der Waals surface area contributed by atoms with Crippen LogP contribution in [0.2, 0.25) is 0 Å². The molecule has 0 bridgehead atoms. The van der Waals surface area contributed by atoms with Crippen molar-refractivity contribution >= 4 is 0 Å². The first-order valence-corrected chi connectivity index (χ1v) is 5.50. The Labute approximate surface area is 89.9 Å². The van der Waals surface area contributed by atoms with Gasteiger partial charge in [0.2, 0.25) is 0 Å². The fourth-order valence-corrected chi connectivity index (χ4v) is 1.98. The van der Waals surface area contributed by atoms with Gasteiger partial charge in [-0.25, -0.2) is 4.98 Å². The summed E-state index contributed by atoms with van der Waals surface area (Å²) >= 11 is 0. The summed E-state index contributed by atoms with van der Waals surface area (Å²) < 4.78 is 7.76. The smallest absolute Gasteiger partial charge is 0.101 e. The fourth-order valence-electron chi connectivity index (χ4n) is 1.98. The molecule has 1 aromatic rings. The monoisotopic (exact) mass is 210 g/mol. The zero-order valence-corrected chi connectivity index (χ0v) is 9.26. The van der Waals surface area contributed by atoms with Crippen molar-refractivity contribution in [2.24, 2.45) is 0 Å². The van der Waals surface area contributed by atoms with E-state index < -0.39 is 0 Å². The van der Waals surface area contributed by atoms with Gasteiger partial charge >= 0.3 is 0 Å². The first kappa shape index (κ1) is 10.6. The lowest BCUT2D eigenvalue weighted by Crippen LogP contribution is -2.25. The van der Waals surface area contributed by atoms with Crippen LogP contribution in [0.3, 0.4) is 0 Å². The van der Waals surface area contributed by atoms with Crippen LogP contribution in [0.15, 0.2) is 12.5 Å². The summed E-state index contributed by atoms with van der Waals surface area (Å²) in [5.74, 6) is 0. The number of ether oxygens (including phenoxy) is 1. The molecule has 0 spiro atoms.